The Hall–Kier alpha value is -2.24. The number of hydrogen-bond acceptors (Lipinski definition) is 3. The topological polar surface area (TPSA) is 34.1 Å². The predicted octanol–water partition coefficient (Wildman–Crippen LogP) is 3.43. The summed E-state index contributed by atoms with van der Waals surface area (Å²) in [7, 11) is 1.52. The van der Waals surface area contributed by atoms with Gasteiger partial charge in [-0.05, 0) is 6.92 Å². The molecule has 2 aromatic rings. The maximum atomic E-state index is 13.5. The zero-order chi connectivity index (χ0) is 14.7. The average Bonchev–Trinajstić information content (AvgIpc) is 2.36. The number of aromatic nitrogens is 1. The summed E-state index contributed by atoms with van der Waals surface area (Å²) >= 11 is 0. The van der Waals surface area contributed by atoms with Crippen LogP contribution < -0.4 is 10.1 Å². The zero-order valence-corrected chi connectivity index (χ0v) is 11.0. The molecule has 0 aliphatic rings. The lowest BCUT2D eigenvalue weighted by atomic mass is 10.2. The quantitative estimate of drug-likeness (QED) is 0.933. The van der Waals surface area contributed by atoms with Crippen LogP contribution in [0.1, 0.15) is 11.4 Å². The second-order valence-corrected chi connectivity index (χ2v) is 4.24. The minimum Gasteiger partial charge on any atom is -0.497 e. The molecule has 1 aromatic heterocycles. The highest BCUT2D eigenvalue weighted by Crippen LogP contribution is 2.21. The van der Waals surface area contributed by atoms with Crippen LogP contribution in [0.2, 0.25) is 0 Å². The Kier molecular flexibility index (Phi) is 4.12. The lowest BCUT2D eigenvalue weighted by molar-refractivity contribution is 0.413. The van der Waals surface area contributed by atoms with Crippen molar-refractivity contribution in [1.29, 1.82) is 0 Å². The third kappa shape index (κ3) is 3.20. The van der Waals surface area contributed by atoms with E-state index in [0.29, 0.717) is 23.6 Å². The highest BCUT2D eigenvalue weighted by atomic mass is 19.1. The van der Waals surface area contributed by atoms with E-state index in [1.165, 1.54) is 7.11 Å². The molecule has 6 heteroatoms. The van der Waals surface area contributed by atoms with Crippen molar-refractivity contribution in [2.24, 2.45) is 0 Å². The Morgan fingerprint density at radius 3 is 2.35 bits per heavy atom. The number of anilines is 1. The van der Waals surface area contributed by atoms with E-state index in [1.54, 1.807) is 19.1 Å². The predicted molar refractivity (Wildman–Crippen MR) is 69.2 cm³/mol. The molecule has 0 unspecified atom stereocenters. The molecule has 106 valence electrons. The second kappa shape index (κ2) is 5.81. The summed E-state index contributed by atoms with van der Waals surface area (Å²) in [6.07, 6.45) is 0. The lowest BCUT2D eigenvalue weighted by Gasteiger charge is -2.10. The van der Waals surface area contributed by atoms with E-state index in [9.17, 15) is 13.2 Å². The molecule has 20 heavy (non-hydrogen) atoms. The van der Waals surface area contributed by atoms with Crippen molar-refractivity contribution < 1.29 is 17.9 Å². The van der Waals surface area contributed by atoms with E-state index in [1.807, 2.05) is 0 Å². The third-order valence-electron chi connectivity index (χ3n) is 2.67. The van der Waals surface area contributed by atoms with E-state index in [2.05, 4.69) is 10.3 Å². The first-order chi connectivity index (χ1) is 9.49. The first-order valence-corrected chi connectivity index (χ1v) is 5.89. The number of halogens is 3. The molecule has 3 nitrogen and oxygen atoms in total. The van der Waals surface area contributed by atoms with Gasteiger partial charge in [0.1, 0.15) is 17.3 Å². The van der Waals surface area contributed by atoms with Crippen LogP contribution in [0.15, 0.2) is 24.3 Å². The number of benzene rings is 1. The van der Waals surface area contributed by atoms with Crippen LogP contribution in [0.3, 0.4) is 0 Å². The summed E-state index contributed by atoms with van der Waals surface area (Å²) in [6, 6.07) is 4.63. The fourth-order valence-corrected chi connectivity index (χ4v) is 1.80. The molecule has 1 N–H and O–H groups in total. The van der Waals surface area contributed by atoms with Gasteiger partial charge in [-0.2, -0.15) is 0 Å². The van der Waals surface area contributed by atoms with Gasteiger partial charge >= 0.3 is 0 Å². The van der Waals surface area contributed by atoms with Gasteiger partial charge in [-0.15, -0.1) is 0 Å². The minimum atomic E-state index is -0.984. The van der Waals surface area contributed by atoms with Gasteiger partial charge in [0, 0.05) is 30.0 Å². The number of nitrogens with one attached hydrogen (secondary N) is 1. The van der Waals surface area contributed by atoms with Crippen molar-refractivity contribution in [2.75, 3.05) is 12.4 Å². The lowest BCUT2D eigenvalue weighted by Crippen LogP contribution is -2.06. The van der Waals surface area contributed by atoms with Crippen molar-refractivity contribution in [1.82, 2.24) is 4.98 Å². The average molecular weight is 282 g/mol. The van der Waals surface area contributed by atoms with Gasteiger partial charge in [-0.25, -0.2) is 13.2 Å². The van der Waals surface area contributed by atoms with Gasteiger partial charge in [-0.3, -0.25) is 4.98 Å². The second-order valence-electron chi connectivity index (χ2n) is 4.24. The van der Waals surface area contributed by atoms with E-state index in [0.717, 1.165) is 5.69 Å². The molecule has 0 aliphatic heterocycles. The molecule has 0 aliphatic carbocycles. The molecule has 0 atom stereocenters. The first kappa shape index (κ1) is 14.2. The molecular formula is C14H13F3N2O. The molecule has 0 spiro atoms. The zero-order valence-electron chi connectivity index (χ0n) is 11.0. The van der Waals surface area contributed by atoms with Gasteiger partial charge in [-0.1, -0.05) is 0 Å². The smallest absolute Gasteiger partial charge is 0.152 e. The monoisotopic (exact) mass is 282 g/mol. The van der Waals surface area contributed by atoms with Crippen molar-refractivity contribution in [3.05, 3.63) is 53.1 Å². The molecule has 0 amide bonds. The molecule has 0 fully saturated rings. The number of aryl methyl sites for hydroxylation is 1. The normalized spacial score (nSPS) is 10.4. The number of methoxy groups -OCH3 is 1. The number of rotatable bonds is 4. The molecular weight excluding hydrogens is 269 g/mol. The fourth-order valence-electron chi connectivity index (χ4n) is 1.80. The van der Waals surface area contributed by atoms with Crippen molar-refractivity contribution in [3.63, 3.8) is 0 Å². The highest BCUT2D eigenvalue weighted by Gasteiger charge is 2.11. The molecule has 1 heterocycles. The van der Waals surface area contributed by atoms with Crippen LogP contribution >= 0.6 is 0 Å². The summed E-state index contributed by atoms with van der Waals surface area (Å²) in [5.41, 5.74) is 0.903. The molecule has 2 rings (SSSR count). The Morgan fingerprint density at radius 2 is 1.75 bits per heavy atom. The Labute approximate surface area is 114 Å². The van der Waals surface area contributed by atoms with E-state index >= 15 is 0 Å². The third-order valence-corrected chi connectivity index (χ3v) is 2.67. The Bertz CT molecular complexity index is 609. The van der Waals surface area contributed by atoms with Gasteiger partial charge < -0.3 is 10.1 Å². The first-order valence-electron chi connectivity index (χ1n) is 5.89. The van der Waals surface area contributed by atoms with Crippen molar-refractivity contribution in [3.8, 4) is 5.75 Å². The Morgan fingerprint density at radius 1 is 1.10 bits per heavy atom. The summed E-state index contributed by atoms with van der Waals surface area (Å²) < 4.78 is 44.8. The summed E-state index contributed by atoms with van der Waals surface area (Å²) in [5, 5.41) is 2.57. The van der Waals surface area contributed by atoms with Crippen LogP contribution in [-0.2, 0) is 6.54 Å². The van der Waals surface area contributed by atoms with Crippen LogP contribution in [0.4, 0.5) is 18.9 Å². The van der Waals surface area contributed by atoms with Crippen LogP contribution in [0.25, 0.3) is 0 Å². The molecule has 0 saturated carbocycles. The van der Waals surface area contributed by atoms with E-state index in [-0.39, 0.29) is 12.2 Å². The van der Waals surface area contributed by atoms with E-state index in [4.69, 9.17) is 4.74 Å². The molecule has 0 bridgehead atoms. The summed E-state index contributed by atoms with van der Waals surface area (Å²) in [6.45, 7) is 1.88. The summed E-state index contributed by atoms with van der Waals surface area (Å²) in [4.78, 5) is 4.21. The SMILES string of the molecule is COc1cc(C)nc(CNc2c(F)cc(F)cc2F)c1. The maximum absolute atomic E-state index is 13.5. The van der Waals surface area contributed by atoms with Crippen LogP contribution in [-0.4, -0.2) is 12.1 Å². The largest absolute Gasteiger partial charge is 0.497 e. The molecule has 0 radical (unpaired) electrons. The maximum Gasteiger partial charge on any atom is 0.152 e. The number of pyridine rings is 1. The van der Waals surface area contributed by atoms with Gasteiger partial charge in [0.25, 0.3) is 0 Å². The fraction of sp³-hybridized carbons (Fsp3) is 0.214. The minimum absolute atomic E-state index is 0.0948. The van der Waals surface area contributed by atoms with Crippen LogP contribution in [0, 0.1) is 24.4 Å². The summed E-state index contributed by atoms with van der Waals surface area (Å²) in [5.74, 6) is -2.32. The highest BCUT2D eigenvalue weighted by molar-refractivity contribution is 5.46. The number of hydrogen-bond donors (Lipinski definition) is 1. The van der Waals surface area contributed by atoms with Gasteiger partial charge in [0.05, 0.1) is 19.3 Å². The number of nitrogens with zero attached hydrogens (tertiary/aromatic N) is 1. The Balaban J connectivity index is 2.19. The number of ether oxygens (including phenoxy) is 1. The van der Waals surface area contributed by atoms with Crippen molar-refractivity contribution >= 4 is 5.69 Å². The van der Waals surface area contributed by atoms with Crippen LogP contribution in [0.5, 0.6) is 5.75 Å². The van der Waals surface area contributed by atoms with E-state index < -0.39 is 17.5 Å². The van der Waals surface area contributed by atoms with Gasteiger partial charge in [0.15, 0.2) is 11.6 Å². The van der Waals surface area contributed by atoms with Crippen molar-refractivity contribution in [2.45, 2.75) is 13.5 Å². The van der Waals surface area contributed by atoms with Gasteiger partial charge in [0.2, 0.25) is 0 Å². The standard InChI is InChI=1S/C14H13F3N2O/c1-8-3-11(20-2)6-10(19-8)7-18-14-12(16)4-9(15)5-13(14)17/h3-6,18H,7H2,1-2H3. The molecule has 1 aromatic carbocycles. The molecule has 0 saturated heterocycles.